The van der Waals surface area contributed by atoms with Gasteiger partial charge in [-0.05, 0) is 12.8 Å². The molecule has 0 radical (unpaired) electrons. The molecule has 0 N–H and O–H groups in total. The van der Waals surface area contributed by atoms with Crippen molar-refractivity contribution in [2.75, 3.05) is 0 Å². The van der Waals surface area contributed by atoms with Gasteiger partial charge in [0.05, 0.1) is 0 Å². The first-order valence-electron chi connectivity index (χ1n) is 6.55. The van der Waals surface area contributed by atoms with Crippen molar-refractivity contribution in [3.63, 3.8) is 0 Å². The minimum atomic E-state index is -6.74. The Balaban J connectivity index is 0. The third kappa shape index (κ3) is 8.15. The van der Waals surface area contributed by atoms with E-state index < -0.39 is 46.5 Å². The van der Waals surface area contributed by atoms with Crippen molar-refractivity contribution < 1.29 is 77.7 Å². The van der Waals surface area contributed by atoms with E-state index >= 15 is 0 Å². The second-order valence-electron chi connectivity index (χ2n) is 4.98. The van der Waals surface area contributed by atoms with Gasteiger partial charge >= 0.3 is 46.9 Å². The number of halogens is 8. The predicted octanol–water partition coefficient (Wildman–Crippen LogP) is 1.39. The Kier molecular flexibility index (Phi) is 10.9. The van der Waals surface area contributed by atoms with E-state index in [1.807, 2.05) is 0 Å². The van der Waals surface area contributed by atoms with E-state index in [0.717, 1.165) is 0 Å². The first-order valence-corrected chi connectivity index (χ1v) is 7.95. The number of hydrogen-bond acceptors (Lipinski definition) is 3. The van der Waals surface area contributed by atoms with Crippen LogP contribution in [0, 0.1) is 0 Å². The van der Waals surface area contributed by atoms with E-state index in [4.69, 9.17) is 0 Å². The molecule has 0 aliphatic carbocycles. The monoisotopic (exact) mass is 402 g/mol. The summed E-state index contributed by atoms with van der Waals surface area (Å²) in [6.07, 6.45) is -10.4. The van der Waals surface area contributed by atoms with Crippen LogP contribution < -0.4 is 29.6 Å². The van der Waals surface area contributed by atoms with Crippen molar-refractivity contribution in [2.24, 2.45) is 0 Å². The van der Waals surface area contributed by atoms with Gasteiger partial charge in [0.1, 0.15) is 0 Å². The second kappa shape index (κ2) is 9.89. The Morgan fingerprint density at radius 3 is 1.67 bits per heavy atom. The maximum absolute atomic E-state index is 13.2. The molecule has 13 heteroatoms. The average molecular weight is 402 g/mol. The molecule has 24 heavy (non-hydrogen) atoms. The van der Waals surface area contributed by atoms with Gasteiger partial charge in [0.15, 0.2) is 16.3 Å². The fourth-order valence-electron chi connectivity index (χ4n) is 1.71. The molecule has 0 saturated carbocycles. The van der Waals surface area contributed by atoms with Crippen molar-refractivity contribution >= 4 is 10.1 Å². The largest absolute Gasteiger partial charge is 1.00 e. The fraction of sp³-hybridized carbons (Fsp3) is 1.00. The third-order valence-electron chi connectivity index (χ3n) is 3.01. The summed E-state index contributed by atoms with van der Waals surface area (Å²) in [5.74, 6) is -5.68. The van der Waals surface area contributed by atoms with Gasteiger partial charge in [-0.3, -0.25) is 0 Å². The Labute approximate surface area is 156 Å². The summed E-state index contributed by atoms with van der Waals surface area (Å²) in [6.45, 7) is 0. The molecule has 0 fully saturated rings. The zero-order valence-corrected chi connectivity index (χ0v) is 15.5. The molecule has 0 aliphatic heterocycles. The molecule has 0 rings (SSSR count). The molecule has 0 aliphatic rings. The summed E-state index contributed by atoms with van der Waals surface area (Å²) < 4.78 is 130. The van der Waals surface area contributed by atoms with Crippen LogP contribution in [0.3, 0.4) is 0 Å². The number of alkyl halides is 8. The molecule has 0 aromatic rings. The molecular formula is C11H15F8NaO3S. The molecule has 1 atom stereocenters. The van der Waals surface area contributed by atoms with Gasteiger partial charge in [-0.15, -0.1) is 0 Å². The fourth-order valence-corrected chi connectivity index (χ4v) is 2.17. The first kappa shape index (κ1) is 26.6. The van der Waals surface area contributed by atoms with Gasteiger partial charge in [0, 0.05) is 6.42 Å². The van der Waals surface area contributed by atoms with Crippen molar-refractivity contribution in [1.82, 2.24) is 0 Å². The topological polar surface area (TPSA) is 57.2 Å². The molecule has 0 saturated heterocycles. The van der Waals surface area contributed by atoms with Gasteiger partial charge in [0.25, 0.3) is 0 Å². The Morgan fingerprint density at radius 2 is 1.25 bits per heavy atom. The minimum Gasteiger partial charge on any atom is -0.743 e. The molecule has 0 spiro atoms. The van der Waals surface area contributed by atoms with Crippen LogP contribution in [0.15, 0.2) is 0 Å². The summed E-state index contributed by atoms with van der Waals surface area (Å²) in [5.41, 5.74) is 0. The van der Waals surface area contributed by atoms with Crippen molar-refractivity contribution in [3.8, 4) is 0 Å². The molecule has 3 nitrogen and oxygen atoms in total. The third-order valence-corrected chi connectivity index (χ3v) is 3.91. The van der Waals surface area contributed by atoms with Gasteiger partial charge in [-0.2, -0.15) is 30.7 Å². The van der Waals surface area contributed by atoms with Crippen LogP contribution in [0.1, 0.15) is 44.9 Å². The zero-order chi connectivity index (χ0) is 18.5. The Hall–Kier alpha value is 0.350. The maximum atomic E-state index is 13.2. The van der Waals surface area contributed by atoms with E-state index in [-0.39, 0.29) is 61.7 Å². The summed E-state index contributed by atoms with van der Waals surface area (Å²) >= 11 is 0. The SMILES string of the molecule is O=S(=O)([O-])C(F)(F)C(F)(F)C(F)CCCCCCCC(F)(F)F.[Na+]. The number of hydrogen-bond donors (Lipinski definition) is 0. The molecule has 140 valence electrons. The molecule has 0 bridgehead atoms. The average Bonchev–Trinajstić information content (AvgIpc) is 2.34. The molecule has 0 heterocycles. The first-order chi connectivity index (χ1) is 10.1. The van der Waals surface area contributed by atoms with Crippen LogP contribution in [-0.4, -0.2) is 36.5 Å². The van der Waals surface area contributed by atoms with Crippen LogP contribution in [-0.2, 0) is 10.1 Å². The minimum absolute atomic E-state index is 0. The van der Waals surface area contributed by atoms with Crippen LogP contribution in [0.2, 0.25) is 0 Å². The summed E-state index contributed by atoms with van der Waals surface area (Å²) in [5, 5.41) is -6.08. The van der Waals surface area contributed by atoms with E-state index in [1.165, 1.54) is 0 Å². The maximum Gasteiger partial charge on any atom is 1.00 e. The molecule has 0 aromatic heterocycles. The van der Waals surface area contributed by atoms with E-state index in [0.29, 0.717) is 0 Å². The molecule has 0 aromatic carbocycles. The predicted molar refractivity (Wildman–Crippen MR) is 62.9 cm³/mol. The van der Waals surface area contributed by atoms with Crippen LogP contribution >= 0.6 is 0 Å². The van der Waals surface area contributed by atoms with Gasteiger partial charge < -0.3 is 4.55 Å². The second-order valence-corrected chi connectivity index (χ2v) is 6.40. The van der Waals surface area contributed by atoms with Gasteiger partial charge in [-0.25, -0.2) is 12.8 Å². The summed E-state index contributed by atoms with van der Waals surface area (Å²) in [7, 11) is -6.74. The van der Waals surface area contributed by atoms with E-state index in [9.17, 15) is 48.1 Å². The normalized spacial score (nSPS) is 15.0. The van der Waals surface area contributed by atoms with Crippen LogP contribution in [0.5, 0.6) is 0 Å². The molecular weight excluding hydrogens is 387 g/mol. The smallest absolute Gasteiger partial charge is 0.743 e. The van der Waals surface area contributed by atoms with Crippen molar-refractivity contribution in [1.29, 1.82) is 0 Å². The van der Waals surface area contributed by atoms with Gasteiger partial charge in [0.2, 0.25) is 0 Å². The summed E-state index contributed by atoms with van der Waals surface area (Å²) in [6, 6.07) is 0. The number of unbranched alkanes of at least 4 members (excludes halogenated alkanes) is 4. The number of rotatable bonds is 10. The van der Waals surface area contributed by atoms with Crippen LogP contribution in [0.25, 0.3) is 0 Å². The van der Waals surface area contributed by atoms with Gasteiger partial charge in [-0.1, -0.05) is 25.7 Å². The molecule has 0 amide bonds. The Morgan fingerprint density at radius 1 is 0.833 bits per heavy atom. The van der Waals surface area contributed by atoms with Crippen molar-refractivity contribution in [2.45, 2.75) is 68.5 Å². The van der Waals surface area contributed by atoms with Crippen molar-refractivity contribution in [3.05, 3.63) is 0 Å². The Bertz CT molecular complexity index is 466. The molecule has 1 unspecified atom stereocenters. The van der Waals surface area contributed by atoms with E-state index in [1.54, 1.807) is 0 Å². The zero-order valence-electron chi connectivity index (χ0n) is 12.7. The van der Waals surface area contributed by atoms with E-state index in [2.05, 4.69) is 0 Å². The van der Waals surface area contributed by atoms with Crippen LogP contribution in [0.4, 0.5) is 35.1 Å². The quantitative estimate of drug-likeness (QED) is 0.240. The standard InChI is InChI=1S/C11H16F8O3S.Na/c12-8(10(16,17)11(18,19)23(20,21)22)6-4-2-1-3-5-7-9(13,14)15;/h8H,1-7H2,(H,20,21,22);/q;+1/p-1. The summed E-state index contributed by atoms with van der Waals surface area (Å²) in [4.78, 5) is 0.